The van der Waals surface area contributed by atoms with Gasteiger partial charge in [0.25, 0.3) is 0 Å². The third-order valence-electron chi connectivity index (χ3n) is 2.82. The van der Waals surface area contributed by atoms with Crippen LogP contribution in [0.4, 0.5) is 0 Å². The van der Waals surface area contributed by atoms with E-state index in [0.717, 1.165) is 5.56 Å². The van der Waals surface area contributed by atoms with Crippen LogP contribution in [0.2, 0.25) is 0 Å². The molecule has 7 nitrogen and oxygen atoms in total. The monoisotopic (exact) mass is 297 g/mol. The lowest BCUT2D eigenvalue weighted by molar-refractivity contribution is 0.204. The highest BCUT2D eigenvalue weighted by atomic mass is 16.5. The highest BCUT2D eigenvalue weighted by Crippen LogP contribution is 2.39. The van der Waals surface area contributed by atoms with Crippen molar-refractivity contribution in [3.63, 3.8) is 0 Å². The molecule has 0 heterocycles. The SMILES string of the molecule is COCCNC(N)=NCc1ccc(OC)c(OC)c1OC. The second kappa shape index (κ2) is 8.91. The number of hydrogen-bond donors (Lipinski definition) is 2. The fourth-order valence-corrected chi connectivity index (χ4v) is 1.80. The van der Waals surface area contributed by atoms with Crippen LogP contribution in [0.15, 0.2) is 17.1 Å². The largest absolute Gasteiger partial charge is 0.493 e. The van der Waals surface area contributed by atoms with Gasteiger partial charge in [0.2, 0.25) is 5.75 Å². The molecule has 0 bridgehead atoms. The van der Waals surface area contributed by atoms with Crippen LogP contribution in [0.5, 0.6) is 17.2 Å². The first-order chi connectivity index (χ1) is 10.2. The number of guanidine groups is 1. The Morgan fingerprint density at radius 2 is 1.81 bits per heavy atom. The van der Waals surface area contributed by atoms with Gasteiger partial charge in [-0.3, -0.25) is 0 Å². The van der Waals surface area contributed by atoms with Crippen molar-refractivity contribution in [2.75, 3.05) is 41.6 Å². The number of nitrogens with one attached hydrogen (secondary N) is 1. The van der Waals surface area contributed by atoms with Crippen molar-refractivity contribution in [3.05, 3.63) is 17.7 Å². The Hall–Kier alpha value is -2.15. The highest BCUT2D eigenvalue weighted by molar-refractivity contribution is 5.77. The van der Waals surface area contributed by atoms with Crippen LogP contribution in [0.25, 0.3) is 0 Å². The molecule has 0 aromatic heterocycles. The fourth-order valence-electron chi connectivity index (χ4n) is 1.80. The molecule has 118 valence electrons. The number of hydrogen-bond acceptors (Lipinski definition) is 5. The number of methoxy groups -OCH3 is 4. The quantitative estimate of drug-likeness (QED) is 0.418. The van der Waals surface area contributed by atoms with E-state index in [9.17, 15) is 0 Å². The van der Waals surface area contributed by atoms with Crippen LogP contribution in [0.1, 0.15) is 5.56 Å². The maximum absolute atomic E-state index is 5.77. The van der Waals surface area contributed by atoms with E-state index in [0.29, 0.717) is 42.9 Å². The molecule has 0 aliphatic carbocycles. The Morgan fingerprint density at radius 1 is 1.10 bits per heavy atom. The van der Waals surface area contributed by atoms with Gasteiger partial charge >= 0.3 is 0 Å². The lowest BCUT2D eigenvalue weighted by Gasteiger charge is -2.15. The van der Waals surface area contributed by atoms with E-state index in [-0.39, 0.29) is 0 Å². The van der Waals surface area contributed by atoms with Gasteiger partial charge in [-0.2, -0.15) is 0 Å². The van der Waals surface area contributed by atoms with Gasteiger partial charge in [0.15, 0.2) is 17.5 Å². The average Bonchev–Trinajstić information content (AvgIpc) is 2.51. The zero-order chi connectivity index (χ0) is 15.7. The first-order valence-electron chi connectivity index (χ1n) is 6.48. The van der Waals surface area contributed by atoms with Gasteiger partial charge in [-0.1, -0.05) is 0 Å². The maximum atomic E-state index is 5.77. The van der Waals surface area contributed by atoms with E-state index in [1.165, 1.54) is 0 Å². The Kier molecular flexibility index (Phi) is 7.17. The van der Waals surface area contributed by atoms with Gasteiger partial charge in [-0.15, -0.1) is 0 Å². The summed E-state index contributed by atoms with van der Waals surface area (Å²) < 4.78 is 20.9. The molecule has 3 N–H and O–H groups in total. The molecule has 0 unspecified atom stereocenters. The molecule has 0 saturated heterocycles. The molecule has 0 saturated carbocycles. The van der Waals surface area contributed by atoms with Crippen LogP contribution < -0.4 is 25.3 Å². The summed E-state index contributed by atoms with van der Waals surface area (Å²) in [5.41, 5.74) is 6.62. The molecule has 0 aliphatic rings. The standard InChI is InChI=1S/C14H23N3O4/c1-18-8-7-16-14(15)17-9-10-5-6-11(19-2)13(21-4)12(10)20-3/h5-6H,7-9H2,1-4H3,(H3,15,16,17). The molecule has 0 atom stereocenters. The van der Waals surface area contributed by atoms with Gasteiger partial charge < -0.3 is 30.0 Å². The van der Waals surface area contributed by atoms with Gasteiger partial charge in [-0.05, 0) is 12.1 Å². The predicted molar refractivity (Wildman–Crippen MR) is 81.3 cm³/mol. The number of benzene rings is 1. The topological polar surface area (TPSA) is 87.3 Å². The number of aliphatic imine (C=N–C) groups is 1. The van der Waals surface area contributed by atoms with Crippen molar-refractivity contribution in [2.45, 2.75) is 6.54 Å². The summed E-state index contributed by atoms with van der Waals surface area (Å²) in [6.07, 6.45) is 0. The van der Waals surface area contributed by atoms with Gasteiger partial charge in [-0.25, -0.2) is 4.99 Å². The lowest BCUT2D eigenvalue weighted by atomic mass is 10.1. The molecule has 1 aromatic rings. The molecule has 0 fully saturated rings. The molecule has 0 aliphatic heterocycles. The third-order valence-corrected chi connectivity index (χ3v) is 2.82. The van der Waals surface area contributed by atoms with Crippen LogP contribution in [0.3, 0.4) is 0 Å². The first kappa shape index (κ1) is 16.9. The van der Waals surface area contributed by atoms with Crippen molar-refractivity contribution in [3.8, 4) is 17.2 Å². The molecule has 21 heavy (non-hydrogen) atoms. The predicted octanol–water partition coefficient (Wildman–Crippen LogP) is 0.763. The molecular weight excluding hydrogens is 274 g/mol. The minimum Gasteiger partial charge on any atom is -0.493 e. The fraction of sp³-hybridized carbons (Fsp3) is 0.500. The molecule has 0 spiro atoms. The Morgan fingerprint density at radius 3 is 2.38 bits per heavy atom. The van der Waals surface area contributed by atoms with Crippen LogP contribution >= 0.6 is 0 Å². The number of ether oxygens (including phenoxy) is 4. The third kappa shape index (κ3) is 4.71. The molecule has 0 radical (unpaired) electrons. The van der Waals surface area contributed by atoms with Gasteiger partial charge in [0, 0.05) is 19.2 Å². The zero-order valence-electron chi connectivity index (χ0n) is 12.9. The highest BCUT2D eigenvalue weighted by Gasteiger charge is 2.15. The molecule has 1 rings (SSSR count). The second-order valence-electron chi connectivity index (χ2n) is 4.11. The average molecular weight is 297 g/mol. The van der Waals surface area contributed by atoms with Crippen molar-refractivity contribution < 1.29 is 18.9 Å². The Bertz CT molecular complexity index is 478. The molecular formula is C14H23N3O4. The molecule has 7 heteroatoms. The molecule has 0 amide bonds. The first-order valence-corrected chi connectivity index (χ1v) is 6.48. The number of nitrogens with two attached hydrogens (primary N) is 1. The summed E-state index contributed by atoms with van der Waals surface area (Å²) in [5, 5.41) is 2.95. The minimum absolute atomic E-state index is 0.351. The van der Waals surface area contributed by atoms with E-state index in [1.807, 2.05) is 6.07 Å². The van der Waals surface area contributed by atoms with Crippen LogP contribution in [0, 0.1) is 0 Å². The maximum Gasteiger partial charge on any atom is 0.203 e. The van der Waals surface area contributed by atoms with Crippen LogP contribution in [-0.2, 0) is 11.3 Å². The van der Waals surface area contributed by atoms with Gasteiger partial charge in [0.05, 0.1) is 34.5 Å². The van der Waals surface area contributed by atoms with Crippen molar-refractivity contribution in [1.29, 1.82) is 0 Å². The van der Waals surface area contributed by atoms with Crippen LogP contribution in [-0.4, -0.2) is 47.6 Å². The zero-order valence-corrected chi connectivity index (χ0v) is 12.9. The Labute approximate surface area is 125 Å². The van der Waals surface area contributed by atoms with Crippen molar-refractivity contribution in [1.82, 2.24) is 5.32 Å². The summed E-state index contributed by atoms with van der Waals surface area (Å²) in [7, 11) is 6.34. The lowest BCUT2D eigenvalue weighted by Crippen LogP contribution is -2.34. The van der Waals surface area contributed by atoms with E-state index in [2.05, 4.69) is 10.3 Å². The van der Waals surface area contributed by atoms with E-state index >= 15 is 0 Å². The summed E-state index contributed by atoms with van der Waals surface area (Å²) in [4.78, 5) is 4.26. The second-order valence-corrected chi connectivity index (χ2v) is 4.11. The smallest absolute Gasteiger partial charge is 0.203 e. The van der Waals surface area contributed by atoms with E-state index in [1.54, 1.807) is 34.5 Å². The van der Waals surface area contributed by atoms with Gasteiger partial charge in [0.1, 0.15) is 0 Å². The summed E-state index contributed by atoms with van der Waals surface area (Å²) in [6, 6.07) is 3.67. The van der Waals surface area contributed by atoms with Crippen molar-refractivity contribution >= 4 is 5.96 Å². The number of rotatable bonds is 8. The summed E-state index contributed by atoms with van der Waals surface area (Å²) in [5.74, 6) is 2.08. The normalized spacial score (nSPS) is 11.1. The summed E-state index contributed by atoms with van der Waals surface area (Å²) in [6.45, 7) is 1.54. The molecule has 1 aromatic carbocycles. The number of nitrogens with zero attached hydrogens (tertiary/aromatic N) is 1. The van der Waals surface area contributed by atoms with Crippen molar-refractivity contribution in [2.24, 2.45) is 10.7 Å². The van der Waals surface area contributed by atoms with E-state index in [4.69, 9.17) is 24.7 Å². The Balaban J connectivity index is 2.85. The van der Waals surface area contributed by atoms with E-state index < -0.39 is 0 Å². The summed E-state index contributed by atoms with van der Waals surface area (Å²) >= 11 is 0. The minimum atomic E-state index is 0.351.